The van der Waals surface area contributed by atoms with Crippen molar-refractivity contribution in [1.29, 1.82) is 0 Å². The first-order valence-electron chi connectivity index (χ1n) is 6.67. The quantitative estimate of drug-likeness (QED) is 0.365. The molecule has 104 valence electrons. The third kappa shape index (κ3) is 3.61. The molecule has 5 heteroatoms. The van der Waals surface area contributed by atoms with Gasteiger partial charge in [0.15, 0.2) is 0 Å². The molecule has 0 spiro atoms. The summed E-state index contributed by atoms with van der Waals surface area (Å²) in [6.07, 6.45) is 0. The van der Waals surface area contributed by atoms with Crippen LogP contribution in [0.1, 0.15) is 19.4 Å². The molecule has 0 unspecified atom stereocenters. The van der Waals surface area contributed by atoms with Crippen molar-refractivity contribution in [3.8, 4) is 5.75 Å². The lowest BCUT2D eigenvalue weighted by atomic mass is 10.2. The number of nitrogens with two attached hydrogens (primary N) is 1. The maximum atomic E-state index is 5.73. The van der Waals surface area contributed by atoms with Crippen LogP contribution in [0, 0.1) is 5.92 Å². The number of hydrogen-bond donors (Lipinski definition) is 2. The van der Waals surface area contributed by atoms with Crippen LogP contribution < -0.4 is 16.0 Å². The summed E-state index contributed by atoms with van der Waals surface area (Å²) in [5.41, 5.74) is 3.87. The standard InChI is InChI=1S/C14H22N4O/c1-11(2)9-16-14(17-15)18-7-8-19-13-6-4-3-5-12(13)10-18/h3-6,11H,7-10,15H2,1-2H3,(H,16,17). The van der Waals surface area contributed by atoms with Crippen molar-refractivity contribution in [2.24, 2.45) is 16.8 Å². The average molecular weight is 262 g/mol. The van der Waals surface area contributed by atoms with Crippen LogP contribution >= 0.6 is 0 Å². The van der Waals surface area contributed by atoms with Crippen molar-refractivity contribution in [2.75, 3.05) is 19.7 Å². The number of rotatable bonds is 2. The van der Waals surface area contributed by atoms with Gasteiger partial charge in [-0.05, 0) is 12.0 Å². The average Bonchev–Trinajstić information content (AvgIpc) is 2.61. The van der Waals surface area contributed by atoms with Crippen LogP contribution in [0.3, 0.4) is 0 Å². The zero-order valence-corrected chi connectivity index (χ0v) is 11.6. The number of hydrazine groups is 1. The van der Waals surface area contributed by atoms with Gasteiger partial charge in [-0.3, -0.25) is 10.4 Å². The van der Waals surface area contributed by atoms with Crippen molar-refractivity contribution in [2.45, 2.75) is 20.4 Å². The molecule has 0 radical (unpaired) electrons. The Kier molecular flexibility index (Phi) is 4.63. The van der Waals surface area contributed by atoms with E-state index in [9.17, 15) is 0 Å². The molecule has 0 fully saturated rings. The van der Waals surface area contributed by atoms with Crippen LogP contribution in [0.2, 0.25) is 0 Å². The summed E-state index contributed by atoms with van der Waals surface area (Å²) in [5, 5.41) is 0. The fraction of sp³-hybridized carbons (Fsp3) is 0.500. The Labute approximate surface area is 114 Å². The number of benzene rings is 1. The zero-order chi connectivity index (χ0) is 13.7. The van der Waals surface area contributed by atoms with E-state index in [1.165, 1.54) is 0 Å². The van der Waals surface area contributed by atoms with E-state index in [4.69, 9.17) is 10.6 Å². The van der Waals surface area contributed by atoms with Crippen molar-refractivity contribution in [1.82, 2.24) is 10.3 Å². The van der Waals surface area contributed by atoms with E-state index in [1.807, 2.05) is 18.2 Å². The SMILES string of the molecule is CC(C)CN=C(NN)N1CCOc2ccccc2C1. The fourth-order valence-corrected chi connectivity index (χ4v) is 2.01. The molecule has 19 heavy (non-hydrogen) atoms. The summed E-state index contributed by atoms with van der Waals surface area (Å²) >= 11 is 0. The van der Waals surface area contributed by atoms with E-state index >= 15 is 0 Å². The molecule has 1 aromatic rings. The first-order valence-corrected chi connectivity index (χ1v) is 6.67. The Morgan fingerprint density at radius 1 is 1.47 bits per heavy atom. The van der Waals surface area contributed by atoms with Crippen LogP contribution in [-0.4, -0.2) is 30.6 Å². The van der Waals surface area contributed by atoms with Gasteiger partial charge < -0.3 is 9.64 Å². The minimum Gasteiger partial charge on any atom is -0.491 e. The molecule has 1 aliphatic heterocycles. The number of guanidine groups is 1. The van der Waals surface area contributed by atoms with E-state index in [-0.39, 0.29) is 0 Å². The van der Waals surface area contributed by atoms with Crippen molar-refractivity contribution in [3.05, 3.63) is 29.8 Å². The lowest BCUT2D eigenvalue weighted by Crippen LogP contribution is -2.45. The molecule has 0 saturated carbocycles. The second kappa shape index (κ2) is 6.43. The predicted molar refractivity (Wildman–Crippen MR) is 76.8 cm³/mol. The van der Waals surface area contributed by atoms with E-state index in [1.54, 1.807) is 0 Å². The second-order valence-electron chi connectivity index (χ2n) is 5.08. The van der Waals surface area contributed by atoms with Gasteiger partial charge in [0.2, 0.25) is 5.96 Å². The van der Waals surface area contributed by atoms with Crippen LogP contribution in [0.5, 0.6) is 5.75 Å². The number of nitrogens with zero attached hydrogens (tertiary/aromatic N) is 2. The van der Waals surface area contributed by atoms with Gasteiger partial charge in [-0.15, -0.1) is 0 Å². The molecule has 3 N–H and O–H groups in total. The Balaban J connectivity index is 2.14. The minimum absolute atomic E-state index is 0.513. The van der Waals surface area contributed by atoms with Crippen molar-refractivity contribution in [3.63, 3.8) is 0 Å². The maximum Gasteiger partial charge on any atom is 0.208 e. The first kappa shape index (κ1) is 13.7. The van der Waals surface area contributed by atoms with Gasteiger partial charge in [-0.25, -0.2) is 5.84 Å². The Morgan fingerprint density at radius 2 is 2.26 bits per heavy atom. The van der Waals surface area contributed by atoms with E-state index in [0.29, 0.717) is 12.5 Å². The smallest absolute Gasteiger partial charge is 0.208 e. The number of hydrogen-bond acceptors (Lipinski definition) is 3. The van der Waals surface area contributed by atoms with E-state index < -0.39 is 0 Å². The lowest BCUT2D eigenvalue weighted by molar-refractivity contribution is 0.286. The highest BCUT2D eigenvalue weighted by molar-refractivity contribution is 5.79. The summed E-state index contributed by atoms with van der Waals surface area (Å²) < 4.78 is 5.73. The molecule has 0 atom stereocenters. The molecule has 1 aromatic carbocycles. The minimum atomic E-state index is 0.513. The first-order chi connectivity index (χ1) is 9.20. The summed E-state index contributed by atoms with van der Waals surface area (Å²) in [6, 6.07) is 8.08. The lowest BCUT2D eigenvalue weighted by Gasteiger charge is -2.23. The predicted octanol–water partition coefficient (Wildman–Crippen LogP) is 1.36. The maximum absolute atomic E-state index is 5.73. The number of ether oxygens (including phenoxy) is 1. The number of aliphatic imine (C=N–C) groups is 1. The Morgan fingerprint density at radius 3 is 3.00 bits per heavy atom. The molecular formula is C14H22N4O. The molecular weight excluding hydrogens is 240 g/mol. The molecule has 2 rings (SSSR count). The van der Waals surface area contributed by atoms with Gasteiger partial charge in [0.25, 0.3) is 0 Å². The van der Waals surface area contributed by atoms with E-state index in [0.717, 1.165) is 36.9 Å². The Bertz CT molecular complexity index is 445. The second-order valence-corrected chi connectivity index (χ2v) is 5.08. The normalized spacial score (nSPS) is 15.8. The van der Waals surface area contributed by atoms with Gasteiger partial charge in [0.05, 0.1) is 6.54 Å². The van der Waals surface area contributed by atoms with Gasteiger partial charge in [0, 0.05) is 18.7 Å². The van der Waals surface area contributed by atoms with E-state index in [2.05, 4.69) is 35.2 Å². The largest absolute Gasteiger partial charge is 0.491 e. The van der Waals surface area contributed by atoms with Gasteiger partial charge in [-0.2, -0.15) is 0 Å². The summed E-state index contributed by atoms with van der Waals surface area (Å²) in [6.45, 7) is 7.21. The highest BCUT2D eigenvalue weighted by atomic mass is 16.5. The number of para-hydroxylation sites is 1. The molecule has 0 aromatic heterocycles. The molecule has 0 aliphatic carbocycles. The molecule has 1 heterocycles. The van der Waals surface area contributed by atoms with Gasteiger partial charge >= 0.3 is 0 Å². The summed E-state index contributed by atoms with van der Waals surface area (Å²) in [5.74, 6) is 7.79. The molecule has 0 amide bonds. The molecule has 5 nitrogen and oxygen atoms in total. The third-order valence-corrected chi connectivity index (χ3v) is 2.99. The topological polar surface area (TPSA) is 62.9 Å². The van der Waals surface area contributed by atoms with Crippen molar-refractivity contribution < 1.29 is 4.74 Å². The highest BCUT2D eigenvalue weighted by Gasteiger charge is 2.17. The van der Waals surface area contributed by atoms with Gasteiger partial charge in [-0.1, -0.05) is 32.0 Å². The molecule has 1 aliphatic rings. The fourth-order valence-electron chi connectivity index (χ4n) is 2.01. The highest BCUT2D eigenvalue weighted by Crippen LogP contribution is 2.22. The number of nitrogens with one attached hydrogen (secondary N) is 1. The van der Waals surface area contributed by atoms with Crippen LogP contribution in [-0.2, 0) is 6.54 Å². The third-order valence-electron chi connectivity index (χ3n) is 2.99. The van der Waals surface area contributed by atoms with Crippen LogP contribution in [0.15, 0.2) is 29.3 Å². The summed E-state index contributed by atoms with van der Waals surface area (Å²) in [4.78, 5) is 6.65. The Hall–Kier alpha value is -1.75. The van der Waals surface area contributed by atoms with Gasteiger partial charge in [0.1, 0.15) is 12.4 Å². The van der Waals surface area contributed by atoms with Crippen LogP contribution in [0.25, 0.3) is 0 Å². The monoisotopic (exact) mass is 262 g/mol. The zero-order valence-electron chi connectivity index (χ0n) is 11.6. The molecule has 0 bridgehead atoms. The molecule has 0 saturated heterocycles. The summed E-state index contributed by atoms with van der Waals surface area (Å²) in [7, 11) is 0. The van der Waals surface area contributed by atoms with Crippen molar-refractivity contribution >= 4 is 5.96 Å². The number of fused-ring (bicyclic) bond motifs is 1. The van der Waals surface area contributed by atoms with Crippen LogP contribution in [0.4, 0.5) is 0 Å².